The third-order valence-corrected chi connectivity index (χ3v) is 7.12. The Labute approximate surface area is 169 Å². The highest BCUT2D eigenvalue weighted by molar-refractivity contribution is 6.25. The minimum atomic E-state index is -0.127. The summed E-state index contributed by atoms with van der Waals surface area (Å²) in [5.74, 6) is 3.28. The molecule has 2 aliphatic carbocycles. The van der Waals surface area contributed by atoms with Gasteiger partial charge in [0.2, 0.25) is 0 Å². The van der Waals surface area contributed by atoms with Crippen LogP contribution < -0.4 is 0 Å². The smallest absolute Gasteiger partial charge is 0.128 e. The van der Waals surface area contributed by atoms with Crippen LogP contribution in [0.15, 0.2) is 29.8 Å². The van der Waals surface area contributed by atoms with Gasteiger partial charge in [-0.15, -0.1) is 0 Å². The maximum Gasteiger partial charge on any atom is 0.128 e. The minimum Gasteiger partial charge on any atom is -0.380 e. The Hall–Kier alpha value is -0.860. The van der Waals surface area contributed by atoms with Gasteiger partial charge in [0.15, 0.2) is 0 Å². The molecule has 1 aromatic rings. The Kier molecular flexibility index (Phi) is 8.21. The second-order valence-electron chi connectivity index (χ2n) is 8.67. The van der Waals surface area contributed by atoms with Crippen molar-refractivity contribution in [3.05, 3.63) is 46.8 Å². The molecule has 0 unspecified atom stereocenters. The van der Waals surface area contributed by atoms with Crippen molar-refractivity contribution in [2.45, 2.75) is 70.8 Å². The Morgan fingerprint density at radius 1 is 1.04 bits per heavy atom. The lowest BCUT2D eigenvalue weighted by molar-refractivity contribution is 0.153. The van der Waals surface area contributed by atoms with Gasteiger partial charge >= 0.3 is 0 Å². The normalized spacial score (nSPS) is 29.3. The standard InChI is InChI=1S/C24H34ClFO/c1-27-17-23-13-8-20(16-24(23)26)3-2-18-4-9-21(10-5-18)22-11-6-19(7-12-22)14-15-25/h8,13-16,18-19,21-22H,2-7,9-12,17H2,1H3. The van der Waals surface area contributed by atoms with E-state index in [-0.39, 0.29) is 5.82 Å². The quantitative estimate of drug-likeness (QED) is 0.474. The molecule has 0 heterocycles. The largest absolute Gasteiger partial charge is 0.380 e. The van der Waals surface area contributed by atoms with Crippen LogP contribution in [0.4, 0.5) is 4.39 Å². The molecule has 1 nitrogen and oxygen atoms in total. The molecule has 0 atom stereocenters. The van der Waals surface area contributed by atoms with Crippen LogP contribution in [0.1, 0.15) is 68.9 Å². The average molecular weight is 393 g/mol. The summed E-state index contributed by atoms with van der Waals surface area (Å²) >= 11 is 5.73. The van der Waals surface area contributed by atoms with Crippen LogP contribution >= 0.6 is 11.6 Å². The zero-order chi connectivity index (χ0) is 19.1. The Bertz CT molecular complexity index is 598. The van der Waals surface area contributed by atoms with Gasteiger partial charge in [0.1, 0.15) is 5.82 Å². The predicted octanol–water partition coefficient (Wildman–Crippen LogP) is 7.27. The van der Waals surface area contributed by atoms with Crippen molar-refractivity contribution in [3.63, 3.8) is 0 Å². The molecule has 2 aliphatic rings. The summed E-state index contributed by atoms with van der Waals surface area (Å²) in [6, 6.07) is 5.64. The molecule has 2 fully saturated rings. The van der Waals surface area contributed by atoms with Gasteiger partial charge in [-0.05, 0) is 86.7 Å². The van der Waals surface area contributed by atoms with Crippen molar-refractivity contribution in [2.24, 2.45) is 23.7 Å². The Morgan fingerprint density at radius 3 is 2.30 bits per heavy atom. The van der Waals surface area contributed by atoms with Crippen molar-refractivity contribution < 1.29 is 9.13 Å². The number of aryl methyl sites for hydroxylation is 1. The van der Waals surface area contributed by atoms with E-state index in [1.807, 2.05) is 6.07 Å². The molecular formula is C24H34ClFO. The van der Waals surface area contributed by atoms with Crippen LogP contribution in [-0.4, -0.2) is 7.11 Å². The van der Waals surface area contributed by atoms with Gasteiger partial charge in [-0.3, -0.25) is 0 Å². The molecule has 0 saturated heterocycles. The third-order valence-electron chi connectivity index (χ3n) is 6.98. The molecular weight excluding hydrogens is 359 g/mol. The summed E-state index contributed by atoms with van der Waals surface area (Å²) in [4.78, 5) is 0. The van der Waals surface area contributed by atoms with Gasteiger partial charge in [0.25, 0.3) is 0 Å². The number of benzene rings is 1. The lowest BCUT2D eigenvalue weighted by Gasteiger charge is -2.37. The molecule has 1 aromatic carbocycles. The van der Waals surface area contributed by atoms with E-state index in [1.165, 1.54) is 57.8 Å². The summed E-state index contributed by atoms with van der Waals surface area (Å²) < 4.78 is 19.1. The van der Waals surface area contributed by atoms with E-state index in [2.05, 4.69) is 12.1 Å². The molecule has 0 bridgehead atoms. The summed E-state index contributed by atoms with van der Waals surface area (Å²) in [7, 11) is 1.60. The molecule has 0 radical (unpaired) electrons. The highest BCUT2D eigenvalue weighted by Gasteiger charge is 2.30. The second-order valence-corrected chi connectivity index (χ2v) is 8.92. The molecule has 0 spiro atoms. The van der Waals surface area contributed by atoms with Crippen LogP contribution in [-0.2, 0) is 17.8 Å². The van der Waals surface area contributed by atoms with Gasteiger partial charge in [0, 0.05) is 18.2 Å². The molecule has 3 rings (SSSR count). The van der Waals surface area contributed by atoms with E-state index in [0.717, 1.165) is 29.7 Å². The zero-order valence-electron chi connectivity index (χ0n) is 16.6. The summed E-state index contributed by atoms with van der Waals surface area (Å²) in [5, 5.41) is 0. The first-order valence-electron chi connectivity index (χ1n) is 10.7. The van der Waals surface area contributed by atoms with Crippen LogP contribution in [0.3, 0.4) is 0 Å². The summed E-state index contributed by atoms with van der Waals surface area (Å²) in [6.45, 7) is 0.347. The fraction of sp³-hybridized carbons (Fsp3) is 0.667. The van der Waals surface area contributed by atoms with Gasteiger partial charge < -0.3 is 4.74 Å². The maximum absolute atomic E-state index is 14.0. The van der Waals surface area contributed by atoms with E-state index in [9.17, 15) is 4.39 Å². The monoisotopic (exact) mass is 392 g/mol. The third kappa shape index (κ3) is 6.06. The second kappa shape index (κ2) is 10.6. The van der Waals surface area contributed by atoms with Crippen molar-refractivity contribution in [1.82, 2.24) is 0 Å². The molecule has 0 amide bonds. The van der Waals surface area contributed by atoms with Crippen molar-refractivity contribution in [3.8, 4) is 0 Å². The van der Waals surface area contributed by atoms with Crippen molar-refractivity contribution >= 4 is 11.6 Å². The number of halogens is 2. The Morgan fingerprint density at radius 2 is 1.70 bits per heavy atom. The van der Waals surface area contributed by atoms with E-state index in [1.54, 1.807) is 18.7 Å². The molecule has 0 aliphatic heterocycles. The summed E-state index contributed by atoms with van der Waals surface area (Å²) in [6.07, 6.45) is 15.3. The minimum absolute atomic E-state index is 0.127. The van der Waals surface area contributed by atoms with Gasteiger partial charge in [-0.25, -0.2) is 4.39 Å². The zero-order valence-corrected chi connectivity index (χ0v) is 17.4. The number of allylic oxidation sites excluding steroid dienone is 1. The van der Waals surface area contributed by atoms with E-state index >= 15 is 0 Å². The van der Waals surface area contributed by atoms with E-state index in [0.29, 0.717) is 18.1 Å². The number of ether oxygens (including phenoxy) is 1. The molecule has 0 aromatic heterocycles. The van der Waals surface area contributed by atoms with Gasteiger partial charge in [0.05, 0.1) is 6.61 Å². The molecule has 0 N–H and O–H groups in total. The maximum atomic E-state index is 14.0. The van der Waals surface area contributed by atoms with Gasteiger partial charge in [-0.2, -0.15) is 0 Å². The fourth-order valence-corrected chi connectivity index (χ4v) is 5.46. The van der Waals surface area contributed by atoms with Gasteiger partial charge in [-0.1, -0.05) is 42.7 Å². The van der Waals surface area contributed by atoms with Crippen LogP contribution in [0.2, 0.25) is 0 Å². The molecule has 27 heavy (non-hydrogen) atoms. The first kappa shape index (κ1) is 20.9. The van der Waals surface area contributed by atoms with Crippen LogP contribution in [0.25, 0.3) is 0 Å². The van der Waals surface area contributed by atoms with Crippen molar-refractivity contribution in [2.75, 3.05) is 7.11 Å². The Balaban J connectivity index is 1.39. The van der Waals surface area contributed by atoms with E-state index < -0.39 is 0 Å². The first-order chi connectivity index (χ1) is 13.2. The topological polar surface area (TPSA) is 9.23 Å². The fourth-order valence-electron chi connectivity index (χ4n) is 5.25. The van der Waals surface area contributed by atoms with Crippen LogP contribution in [0.5, 0.6) is 0 Å². The number of rotatable bonds is 7. The van der Waals surface area contributed by atoms with Crippen LogP contribution in [0, 0.1) is 29.5 Å². The SMILES string of the molecule is COCc1ccc(CCC2CCC(C3CCC(C=CCl)CC3)CC2)cc1F. The number of hydrogen-bond donors (Lipinski definition) is 0. The molecule has 2 saturated carbocycles. The predicted molar refractivity (Wildman–Crippen MR) is 111 cm³/mol. The van der Waals surface area contributed by atoms with E-state index in [4.69, 9.17) is 16.3 Å². The molecule has 150 valence electrons. The molecule has 3 heteroatoms. The lowest BCUT2D eigenvalue weighted by atomic mass is 9.68. The highest BCUT2D eigenvalue weighted by Crippen LogP contribution is 2.42. The lowest BCUT2D eigenvalue weighted by Crippen LogP contribution is -2.25. The first-order valence-corrected chi connectivity index (χ1v) is 11.2. The summed E-state index contributed by atoms with van der Waals surface area (Å²) in [5.41, 5.74) is 3.48. The highest BCUT2D eigenvalue weighted by atomic mass is 35.5. The number of hydrogen-bond acceptors (Lipinski definition) is 1. The average Bonchev–Trinajstić information content (AvgIpc) is 2.70. The van der Waals surface area contributed by atoms with Crippen molar-refractivity contribution in [1.29, 1.82) is 0 Å². The number of methoxy groups -OCH3 is 1.